The van der Waals surface area contributed by atoms with Gasteiger partial charge in [0, 0.05) is 10.5 Å². The van der Waals surface area contributed by atoms with Crippen LogP contribution in [0.15, 0.2) is 22.7 Å². The predicted molar refractivity (Wildman–Crippen MR) is 84.3 cm³/mol. The molecule has 1 rings (SSSR count). The minimum Gasteiger partial charge on any atom is -0.310 e. The molecule has 0 spiro atoms. The first-order chi connectivity index (χ1) is 9.54. The van der Waals surface area contributed by atoms with Crippen LogP contribution in [0.25, 0.3) is 0 Å². The van der Waals surface area contributed by atoms with E-state index < -0.39 is 11.7 Å². The quantitative estimate of drug-likeness (QED) is 0.680. The van der Waals surface area contributed by atoms with E-state index in [9.17, 15) is 13.2 Å². The van der Waals surface area contributed by atoms with Crippen LogP contribution in [0.2, 0.25) is 0 Å². The Labute approximate surface area is 133 Å². The van der Waals surface area contributed by atoms with Crippen LogP contribution in [-0.4, -0.2) is 6.54 Å². The Morgan fingerprint density at radius 1 is 1.19 bits per heavy atom. The van der Waals surface area contributed by atoms with Gasteiger partial charge in [-0.25, -0.2) is 0 Å². The van der Waals surface area contributed by atoms with Crippen LogP contribution in [0.1, 0.15) is 57.7 Å². The highest BCUT2D eigenvalue weighted by molar-refractivity contribution is 9.10. The smallest absolute Gasteiger partial charge is 0.310 e. The van der Waals surface area contributed by atoms with E-state index in [1.807, 2.05) is 6.92 Å². The van der Waals surface area contributed by atoms with Crippen molar-refractivity contribution in [3.05, 3.63) is 33.8 Å². The van der Waals surface area contributed by atoms with E-state index in [2.05, 4.69) is 42.0 Å². The van der Waals surface area contributed by atoms with Crippen molar-refractivity contribution in [2.24, 2.45) is 5.41 Å². The fraction of sp³-hybridized carbons (Fsp3) is 0.625. The summed E-state index contributed by atoms with van der Waals surface area (Å²) in [6, 6.07) is 4.13. The molecule has 1 unspecified atom stereocenters. The molecule has 0 aliphatic heterocycles. The standard InChI is InChI=1S/C16H23BrF3N/c1-5-21-14(8-9-15(2,3)4)12-7-6-11(17)10-13(12)16(18,19)20/h6-7,10,14,21H,5,8-9H2,1-4H3. The Bertz CT molecular complexity index is 464. The van der Waals surface area contributed by atoms with E-state index in [0.717, 1.165) is 12.5 Å². The third-order valence-electron chi connectivity index (χ3n) is 3.33. The lowest BCUT2D eigenvalue weighted by atomic mass is 9.86. The van der Waals surface area contributed by atoms with Crippen molar-refractivity contribution in [3.63, 3.8) is 0 Å². The van der Waals surface area contributed by atoms with Gasteiger partial charge in [-0.2, -0.15) is 13.2 Å². The molecule has 120 valence electrons. The molecule has 0 aliphatic carbocycles. The summed E-state index contributed by atoms with van der Waals surface area (Å²) in [6.07, 6.45) is -2.80. The molecule has 0 bridgehead atoms. The summed E-state index contributed by atoms with van der Waals surface area (Å²) in [4.78, 5) is 0. The van der Waals surface area contributed by atoms with Crippen LogP contribution in [0.3, 0.4) is 0 Å². The molecule has 1 N–H and O–H groups in total. The van der Waals surface area contributed by atoms with E-state index >= 15 is 0 Å². The maximum atomic E-state index is 13.3. The Hall–Kier alpha value is -0.550. The van der Waals surface area contributed by atoms with Gasteiger partial charge < -0.3 is 5.32 Å². The molecule has 21 heavy (non-hydrogen) atoms. The van der Waals surface area contributed by atoms with Crippen molar-refractivity contribution in [3.8, 4) is 0 Å². The first-order valence-electron chi connectivity index (χ1n) is 7.14. The zero-order valence-electron chi connectivity index (χ0n) is 12.9. The molecule has 0 aliphatic rings. The second-order valence-electron chi connectivity index (χ2n) is 6.44. The molecule has 0 heterocycles. The highest BCUT2D eigenvalue weighted by Crippen LogP contribution is 2.38. The molecule has 0 amide bonds. The van der Waals surface area contributed by atoms with Crippen molar-refractivity contribution >= 4 is 15.9 Å². The third kappa shape index (κ3) is 5.99. The SMILES string of the molecule is CCNC(CCC(C)(C)C)c1ccc(Br)cc1C(F)(F)F. The van der Waals surface area contributed by atoms with Gasteiger partial charge in [0.15, 0.2) is 0 Å². The summed E-state index contributed by atoms with van der Waals surface area (Å²) >= 11 is 3.13. The summed E-state index contributed by atoms with van der Waals surface area (Å²) in [6.45, 7) is 8.85. The van der Waals surface area contributed by atoms with Gasteiger partial charge in [0.1, 0.15) is 0 Å². The molecule has 0 saturated heterocycles. The monoisotopic (exact) mass is 365 g/mol. The number of hydrogen-bond donors (Lipinski definition) is 1. The Balaban J connectivity index is 3.13. The van der Waals surface area contributed by atoms with Gasteiger partial charge in [0.05, 0.1) is 5.56 Å². The van der Waals surface area contributed by atoms with Gasteiger partial charge in [0.25, 0.3) is 0 Å². The number of benzene rings is 1. The highest BCUT2D eigenvalue weighted by Gasteiger charge is 2.35. The fourth-order valence-electron chi connectivity index (χ4n) is 2.27. The molecule has 0 fully saturated rings. The molecular formula is C16H23BrF3N. The molecule has 1 atom stereocenters. The molecule has 0 aromatic heterocycles. The topological polar surface area (TPSA) is 12.0 Å². The van der Waals surface area contributed by atoms with Gasteiger partial charge in [-0.15, -0.1) is 0 Å². The molecule has 1 nitrogen and oxygen atoms in total. The molecular weight excluding hydrogens is 343 g/mol. The molecule has 5 heteroatoms. The highest BCUT2D eigenvalue weighted by atomic mass is 79.9. The van der Waals surface area contributed by atoms with Crippen molar-refractivity contribution < 1.29 is 13.2 Å². The minimum atomic E-state index is -4.34. The first-order valence-corrected chi connectivity index (χ1v) is 7.94. The maximum Gasteiger partial charge on any atom is 0.416 e. The van der Waals surface area contributed by atoms with Crippen LogP contribution in [0, 0.1) is 5.41 Å². The minimum absolute atomic E-state index is 0.0986. The molecule has 0 radical (unpaired) electrons. The second kappa shape index (κ2) is 7.14. The predicted octanol–water partition coefficient (Wildman–Crippen LogP) is 5.94. The van der Waals surface area contributed by atoms with Crippen molar-refractivity contribution in [2.75, 3.05) is 6.54 Å². The van der Waals surface area contributed by atoms with Crippen LogP contribution >= 0.6 is 15.9 Å². The second-order valence-corrected chi connectivity index (χ2v) is 7.35. The van der Waals surface area contributed by atoms with E-state index in [1.54, 1.807) is 12.1 Å². The van der Waals surface area contributed by atoms with Gasteiger partial charge in [-0.05, 0) is 42.5 Å². The van der Waals surface area contributed by atoms with Gasteiger partial charge in [-0.3, -0.25) is 0 Å². The lowest BCUT2D eigenvalue weighted by molar-refractivity contribution is -0.138. The molecule has 1 aromatic carbocycles. The zero-order chi connectivity index (χ0) is 16.3. The van der Waals surface area contributed by atoms with Crippen molar-refractivity contribution in [1.82, 2.24) is 5.32 Å². The van der Waals surface area contributed by atoms with E-state index in [4.69, 9.17) is 0 Å². The molecule has 0 saturated carbocycles. The van der Waals surface area contributed by atoms with Crippen molar-refractivity contribution in [2.45, 2.75) is 52.8 Å². The van der Waals surface area contributed by atoms with Gasteiger partial charge in [0.2, 0.25) is 0 Å². The summed E-state index contributed by atoms with van der Waals surface area (Å²) in [5.41, 5.74) is -0.130. The Kier molecular flexibility index (Phi) is 6.29. The van der Waals surface area contributed by atoms with E-state index in [-0.39, 0.29) is 11.5 Å². The normalized spacial score (nSPS) is 14.3. The van der Waals surface area contributed by atoms with Crippen molar-refractivity contribution in [1.29, 1.82) is 0 Å². The third-order valence-corrected chi connectivity index (χ3v) is 3.82. The Morgan fingerprint density at radius 3 is 2.29 bits per heavy atom. The zero-order valence-corrected chi connectivity index (χ0v) is 14.5. The fourth-order valence-corrected chi connectivity index (χ4v) is 2.63. The summed E-state index contributed by atoms with van der Waals surface area (Å²) in [5, 5.41) is 3.19. The van der Waals surface area contributed by atoms with Crippen LogP contribution in [-0.2, 0) is 6.18 Å². The summed E-state index contributed by atoms with van der Waals surface area (Å²) in [7, 11) is 0. The van der Waals surface area contributed by atoms with Crippen LogP contribution in [0.5, 0.6) is 0 Å². The van der Waals surface area contributed by atoms with Gasteiger partial charge >= 0.3 is 6.18 Å². The maximum absolute atomic E-state index is 13.3. The summed E-state index contributed by atoms with van der Waals surface area (Å²) < 4.78 is 40.2. The average Bonchev–Trinajstić information content (AvgIpc) is 2.32. The average molecular weight is 366 g/mol. The lowest BCUT2D eigenvalue weighted by Gasteiger charge is -2.26. The van der Waals surface area contributed by atoms with E-state index in [0.29, 0.717) is 23.0 Å². The van der Waals surface area contributed by atoms with Crippen LogP contribution < -0.4 is 5.32 Å². The molecule has 1 aromatic rings. The number of hydrogen-bond acceptors (Lipinski definition) is 1. The number of alkyl halides is 3. The Morgan fingerprint density at radius 2 is 1.81 bits per heavy atom. The largest absolute Gasteiger partial charge is 0.416 e. The number of rotatable bonds is 5. The first kappa shape index (κ1) is 18.5. The van der Waals surface area contributed by atoms with Gasteiger partial charge in [-0.1, -0.05) is 49.7 Å². The summed E-state index contributed by atoms with van der Waals surface area (Å²) in [5.74, 6) is 0. The van der Waals surface area contributed by atoms with E-state index in [1.165, 1.54) is 0 Å². The van der Waals surface area contributed by atoms with Crippen LogP contribution in [0.4, 0.5) is 13.2 Å². The number of halogens is 4. The number of nitrogens with one attached hydrogen (secondary N) is 1. The lowest BCUT2D eigenvalue weighted by Crippen LogP contribution is -2.25.